The molecule has 9 heteroatoms. The summed E-state index contributed by atoms with van der Waals surface area (Å²) in [5, 5.41) is 8.92. The maximum Gasteiger partial charge on any atom is 0.232 e. The lowest BCUT2D eigenvalue weighted by Crippen LogP contribution is -2.18. The van der Waals surface area contributed by atoms with E-state index in [-0.39, 0.29) is 29.5 Å². The van der Waals surface area contributed by atoms with Crippen molar-refractivity contribution in [1.82, 2.24) is 8.75 Å². The molecular formula is C9H10ClN3O3S2. The van der Waals surface area contributed by atoms with E-state index in [9.17, 15) is 8.42 Å². The molecule has 0 aliphatic heterocycles. The van der Waals surface area contributed by atoms with Gasteiger partial charge >= 0.3 is 0 Å². The molecule has 0 bridgehead atoms. The number of sulfonamides is 1. The Labute approximate surface area is 113 Å². The molecule has 0 aliphatic carbocycles. The van der Waals surface area contributed by atoms with Crippen LogP contribution in [-0.4, -0.2) is 34.6 Å². The highest BCUT2D eigenvalue weighted by Crippen LogP contribution is 2.30. The number of fused-ring (bicyclic) bond motifs is 1. The lowest BCUT2D eigenvalue weighted by molar-refractivity contribution is 0.295. The topological polar surface area (TPSA) is 92.2 Å². The number of aliphatic hydroxyl groups excluding tert-OH is 1. The van der Waals surface area contributed by atoms with Gasteiger partial charge in [0.05, 0.1) is 28.2 Å². The second-order valence-electron chi connectivity index (χ2n) is 3.55. The molecule has 6 nitrogen and oxygen atoms in total. The van der Waals surface area contributed by atoms with E-state index in [0.717, 1.165) is 11.7 Å². The lowest BCUT2D eigenvalue weighted by Gasteiger charge is -2.09. The van der Waals surface area contributed by atoms with Gasteiger partial charge in [-0.05, 0) is 18.6 Å². The first-order valence-electron chi connectivity index (χ1n) is 5.05. The molecule has 0 amide bonds. The normalized spacial score (nSPS) is 11.9. The van der Waals surface area contributed by atoms with Gasteiger partial charge in [0, 0.05) is 6.61 Å². The third-order valence-corrected chi connectivity index (χ3v) is 4.40. The molecule has 0 saturated heterocycles. The molecule has 0 radical (unpaired) electrons. The van der Waals surface area contributed by atoms with Gasteiger partial charge in [0.2, 0.25) is 10.0 Å². The summed E-state index contributed by atoms with van der Waals surface area (Å²) in [7, 11) is -3.55. The molecular weight excluding hydrogens is 298 g/mol. The summed E-state index contributed by atoms with van der Waals surface area (Å²) in [5.74, 6) is -0.173. The molecule has 0 spiro atoms. The van der Waals surface area contributed by atoms with Gasteiger partial charge in [-0.25, -0.2) is 8.42 Å². The van der Waals surface area contributed by atoms with Crippen LogP contribution in [0.1, 0.15) is 6.42 Å². The summed E-state index contributed by atoms with van der Waals surface area (Å²) in [6, 6.07) is 3.24. The number of halogens is 1. The Morgan fingerprint density at radius 2 is 2.17 bits per heavy atom. The van der Waals surface area contributed by atoms with Gasteiger partial charge in [-0.3, -0.25) is 4.72 Å². The number of aromatic nitrogens is 2. The molecule has 2 N–H and O–H groups in total. The minimum Gasteiger partial charge on any atom is -0.396 e. The van der Waals surface area contributed by atoms with Crippen molar-refractivity contribution >= 4 is 50.1 Å². The first-order valence-corrected chi connectivity index (χ1v) is 7.81. The monoisotopic (exact) mass is 307 g/mol. The Morgan fingerprint density at radius 3 is 2.89 bits per heavy atom. The molecule has 0 aliphatic rings. The van der Waals surface area contributed by atoms with Gasteiger partial charge in [-0.1, -0.05) is 11.6 Å². The molecule has 2 aromatic rings. The van der Waals surface area contributed by atoms with Gasteiger partial charge in [-0.15, -0.1) is 0 Å². The van der Waals surface area contributed by atoms with E-state index < -0.39 is 10.0 Å². The zero-order chi connectivity index (χ0) is 13.2. The highest BCUT2D eigenvalue weighted by Gasteiger charge is 2.16. The van der Waals surface area contributed by atoms with Crippen LogP contribution in [0.3, 0.4) is 0 Å². The van der Waals surface area contributed by atoms with E-state index in [1.165, 1.54) is 0 Å². The average molecular weight is 308 g/mol. The van der Waals surface area contributed by atoms with E-state index >= 15 is 0 Å². The van der Waals surface area contributed by atoms with Crippen LogP contribution >= 0.6 is 23.3 Å². The fraction of sp³-hybridized carbons (Fsp3) is 0.333. The molecule has 1 heterocycles. The number of nitrogens with zero attached hydrogens (tertiary/aromatic N) is 2. The number of rotatable bonds is 5. The number of aliphatic hydroxyl groups is 1. The van der Waals surface area contributed by atoms with Crippen LogP contribution in [0.4, 0.5) is 5.69 Å². The van der Waals surface area contributed by atoms with Crippen LogP contribution in [-0.2, 0) is 10.0 Å². The van der Waals surface area contributed by atoms with Crippen LogP contribution in [0, 0.1) is 0 Å². The molecule has 98 valence electrons. The Bertz CT molecular complexity index is 656. The predicted molar refractivity (Wildman–Crippen MR) is 71.5 cm³/mol. The SMILES string of the molecule is O=S(=O)(CCCO)Nc1c(Cl)ccc2nsnc12. The summed E-state index contributed by atoms with van der Waals surface area (Å²) in [5.41, 5.74) is 1.25. The van der Waals surface area contributed by atoms with Crippen LogP contribution in [0.15, 0.2) is 12.1 Å². The van der Waals surface area contributed by atoms with Gasteiger partial charge in [0.15, 0.2) is 0 Å². The number of nitrogens with one attached hydrogen (secondary N) is 1. The lowest BCUT2D eigenvalue weighted by atomic mass is 10.3. The summed E-state index contributed by atoms with van der Waals surface area (Å²) < 4.78 is 33.9. The summed E-state index contributed by atoms with van der Waals surface area (Å²) in [6.07, 6.45) is 0.165. The first kappa shape index (κ1) is 13.5. The van der Waals surface area contributed by atoms with Crippen LogP contribution in [0.5, 0.6) is 0 Å². The molecule has 1 aromatic carbocycles. The number of hydrogen-bond donors (Lipinski definition) is 2. The summed E-state index contributed by atoms with van der Waals surface area (Å²) in [6.45, 7) is -0.183. The van der Waals surface area contributed by atoms with E-state index in [1.807, 2.05) is 0 Å². The van der Waals surface area contributed by atoms with E-state index in [1.54, 1.807) is 12.1 Å². The quantitative estimate of drug-likeness (QED) is 0.872. The molecule has 2 rings (SSSR count). The molecule has 18 heavy (non-hydrogen) atoms. The fourth-order valence-corrected chi connectivity index (χ4v) is 3.31. The van der Waals surface area contributed by atoms with Crippen molar-refractivity contribution in [3.63, 3.8) is 0 Å². The molecule has 0 fully saturated rings. The highest BCUT2D eigenvalue weighted by atomic mass is 35.5. The summed E-state index contributed by atoms with van der Waals surface area (Å²) in [4.78, 5) is 0. The van der Waals surface area contributed by atoms with Crippen molar-refractivity contribution in [1.29, 1.82) is 0 Å². The maximum absolute atomic E-state index is 11.8. The average Bonchev–Trinajstić information content (AvgIpc) is 2.79. The van der Waals surface area contributed by atoms with Crippen LogP contribution in [0.25, 0.3) is 11.0 Å². The number of benzene rings is 1. The second kappa shape index (κ2) is 5.35. The third-order valence-electron chi connectivity index (χ3n) is 2.21. The van der Waals surface area contributed by atoms with Crippen LogP contribution in [0.2, 0.25) is 5.02 Å². The fourth-order valence-electron chi connectivity index (χ4n) is 1.39. The highest BCUT2D eigenvalue weighted by molar-refractivity contribution is 7.92. The predicted octanol–water partition coefficient (Wildman–Crippen LogP) is 1.47. The van der Waals surface area contributed by atoms with E-state index in [0.29, 0.717) is 11.0 Å². The Kier molecular flexibility index (Phi) is 4.00. The van der Waals surface area contributed by atoms with Gasteiger partial charge < -0.3 is 5.11 Å². The molecule has 0 atom stereocenters. The smallest absolute Gasteiger partial charge is 0.232 e. The number of hydrogen-bond acceptors (Lipinski definition) is 6. The minimum atomic E-state index is -3.55. The van der Waals surface area contributed by atoms with Crippen molar-refractivity contribution < 1.29 is 13.5 Å². The van der Waals surface area contributed by atoms with Gasteiger partial charge in [-0.2, -0.15) is 8.75 Å². The minimum absolute atomic E-state index is 0.165. The Balaban J connectivity index is 2.36. The molecule has 1 aromatic heterocycles. The van der Waals surface area contributed by atoms with Gasteiger partial charge in [0.1, 0.15) is 11.0 Å². The van der Waals surface area contributed by atoms with Crippen molar-refractivity contribution in [3.8, 4) is 0 Å². The largest absolute Gasteiger partial charge is 0.396 e. The Hall–Kier alpha value is -0.960. The van der Waals surface area contributed by atoms with E-state index in [2.05, 4.69) is 13.5 Å². The maximum atomic E-state index is 11.8. The van der Waals surface area contributed by atoms with Gasteiger partial charge in [0.25, 0.3) is 0 Å². The third kappa shape index (κ3) is 2.89. The Morgan fingerprint density at radius 1 is 1.39 bits per heavy atom. The molecule has 0 unspecified atom stereocenters. The van der Waals surface area contributed by atoms with Crippen molar-refractivity contribution in [3.05, 3.63) is 17.2 Å². The zero-order valence-corrected chi connectivity index (χ0v) is 11.5. The summed E-state index contributed by atoms with van der Waals surface area (Å²) >= 11 is 6.95. The zero-order valence-electron chi connectivity index (χ0n) is 9.13. The van der Waals surface area contributed by atoms with Crippen LogP contribution < -0.4 is 4.72 Å². The number of anilines is 1. The first-order chi connectivity index (χ1) is 8.53. The second-order valence-corrected chi connectivity index (χ2v) is 6.33. The molecule has 0 saturated carbocycles. The standard InChI is InChI=1S/C9H10ClN3O3S2/c10-6-2-3-7-9(12-17-11-7)8(6)13-18(15,16)5-1-4-14/h2-3,13-14H,1,4-5H2. The van der Waals surface area contributed by atoms with Crippen molar-refractivity contribution in [2.24, 2.45) is 0 Å². The van der Waals surface area contributed by atoms with Crippen molar-refractivity contribution in [2.45, 2.75) is 6.42 Å². The van der Waals surface area contributed by atoms with E-state index in [4.69, 9.17) is 16.7 Å². The van der Waals surface area contributed by atoms with Crippen molar-refractivity contribution in [2.75, 3.05) is 17.1 Å².